The number of pyridine rings is 3. The highest BCUT2D eigenvalue weighted by Crippen LogP contribution is 2.22. The van der Waals surface area contributed by atoms with Crippen molar-refractivity contribution in [2.24, 2.45) is 0 Å². The highest BCUT2D eigenvalue weighted by Gasteiger charge is 2.16. The summed E-state index contributed by atoms with van der Waals surface area (Å²) >= 11 is 0. The van der Waals surface area contributed by atoms with E-state index in [1.165, 1.54) is 4.57 Å². The van der Waals surface area contributed by atoms with Gasteiger partial charge in [-0.2, -0.15) is 0 Å². The van der Waals surface area contributed by atoms with Crippen LogP contribution >= 0.6 is 0 Å². The molecule has 3 aromatic heterocycles. The first-order valence-corrected chi connectivity index (χ1v) is 9.52. The van der Waals surface area contributed by atoms with Gasteiger partial charge in [0.05, 0.1) is 18.4 Å². The first-order valence-electron chi connectivity index (χ1n) is 9.52. The third-order valence-electron chi connectivity index (χ3n) is 4.69. The van der Waals surface area contributed by atoms with Gasteiger partial charge in [-0.3, -0.25) is 24.1 Å². The molecule has 7 nitrogen and oxygen atoms in total. The minimum absolute atomic E-state index is 0.105. The van der Waals surface area contributed by atoms with E-state index in [2.05, 4.69) is 15.3 Å². The van der Waals surface area contributed by atoms with E-state index in [0.29, 0.717) is 17.0 Å². The summed E-state index contributed by atoms with van der Waals surface area (Å²) in [7, 11) is 0. The van der Waals surface area contributed by atoms with Gasteiger partial charge in [-0.1, -0.05) is 18.2 Å². The third-order valence-corrected chi connectivity index (χ3v) is 4.69. The largest absolute Gasteiger partial charge is 0.489 e. The average molecular weight is 400 g/mol. The summed E-state index contributed by atoms with van der Waals surface area (Å²) in [4.78, 5) is 33.9. The number of hydrogen-bond acceptors (Lipinski definition) is 5. The Balaban J connectivity index is 1.45. The predicted molar refractivity (Wildman–Crippen MR) is 114 cm³/mol. The smallest absolute Gasteiger partial charge is 0.268 e. The zero-order valence-electron chi connectivity index (χ0n) is 16.4. The summed E-state index contributed by atoms with van der Waals surface area (Å²) in [5.41, 5.74) is 1.69. The van der Waals surface area contributed by atoms with Crippen molar-refractivity contribution in [2.45, 2.75) is 6.92 Å². The van der Waals surface area contributed by atoms with Crippen LogP contribution in [0.1, 0.15) is 15.9 Å². The number of rotatable bonds is 6. The Hall–Kier alpha value is -4.00. The zero-order chi connectivity index (χ0) is 20.9. The number of nitrogens with one attached hydrogen (secondary N) is 1. The molecule has 0 spiro atoms. The molecule has 1 aromatic carbocycles. The topological polar surface area (TPSA) is 86.1 Å². The number of hydrogen-bond donors (Lipinski definition) is 1. The maximum absolute atomic E-state index is 12.9. The van der Waals surface area contributed by atoms with Gasteiger partial charge >= 0.3 is 0 Å². The Morgan fingerprint density at radius 1 is 1.10 bits per heavy atom. The van der Waals surface area contributed by atoms with E-state index in [1.807, 2.05) is 30.3 Å². The van der Waals surface area contributed by atoms with Crippen LogP contribution in [0, 0.1) is 6.92 Å². The molecule has 0 bridgehead atoms. The minimum atomic E-state index is -0.435. The van der Waals surface area contributed by atoms with E-state index in [9.17, 15) is 9.59 Å². The molecule has 0 aliphatic heterocycles. The molecular weight excluding hydrogens is 380 g/mol. The van der Waals surface area contributed by atoms with Crippen molar-refractivity contribution >= 4 is 16.8 Å². The number of nitrogens with zero attached hydrogens (tertiary/aromatic N) is 3. The Kier molecular flexibility index (Phi) is 5.52. The fourth-order valence-electron chi connectivity index (χ4n) is 3.21. The molecule has 0 fully saturated rings. The summed E-state index contributed by atoms with van der Waals surface area (Å²) in [6.45, 7) is 2.25. The van der Waals surface area contributed by atoms with Crippen molar-refractivity contribution in [3.8, 4) is 11.4 Å². The molecule has 1 N–H and O–H groups in total. The molecule has 0 aliphatic carbocycles. The summed E-state index contributed by atoms with van der Waals surface area (Å²) < 4.78 is 7.20. The molecular formula is C23H20N4O3. The SMILES string of the molecule is Cc1ccn(-c2cccnc2)c(=O)c1C(=O)NCCOc1cccc2cccnc12. The van der Waals surface area contributed by atoms with Crippen molar-refractivity contribution in [3.05, 3.63) is 94.8 Å². The van der Waals surface area contributed by atoms with E-state index < -0.39 is 5.91 Å². The van der Waals surface area contributed by atoms with Gasteiger partial charge < -0.3 is 10.1 Å². The fourth-order valence-corrected chi connectivity index (χ4v) is 3.21. The highest BCUT2D eigenvalue weighted by molar-refractivity contribution is 5.95. The van der Waals surface area contributed by atoms with Gasteiger partial charge in [0, 0.05) is 24.0 Å². The number of carbonyl (C=O) groups excluding carboxylic acids is 1. The van der Waals surface area contributed by atoms with Crippen LogP contribution in [0.3, 0.4) is 0 Å². The molecule has 0 atom stereocenters. The lowest BCUT2D eigenvalue weighted by molar-refractivity contribution is 0.0944. The fraction of sp³-hybridized carbons (Fsp3) is 0.130. The summed E-state index contributed by atoms with van der Waals surface area (Å²) in [6, 6.07) is 14.8. The number of carbonyl (C=O) groups is 1. The Morgan fingerprint density at radius 2 is 1.93 bits per heavy atom. The average Bonchev–Trinajstić information content (AvgIpc) is 2.77. The van der Waals surface area contributed by atoms with Crippen LogP contribution in [0.4, 0.5) is 0 Å². The van der Waals surface area contributed by atoms with Crippen LogP contribution in [0.5, 0.6) is 5.75 Å². The van der Waals surface area contributed by atoms with Crippen LogP contribution in [0.25, 0.3) is 16.6 Å². The van der Waals surface area contributed by atoms with Gasteiger partial charge in [-0.05, 0) is 42.8 Å². The Bertz CT molecular complexity index is 1250. The molecule has 1 amide bonds. The van der Waals surface area contributed by atoms with Gasteiger partial charge in [0.15, 0.2) is 0 Å². The molecule has 0 unspecified atom stereocenters. The first kappa shape index (κ1) is 19.3. The van der Waals surface area contributed by atoms with Gasteiger partial charge in [0.2, 0.25) is 0 Å². The van der Waals surface area contributed by atoms with Crippen molar-refractivity contribution in [2.75, 3.05) is 13.2 Å². The number of ether oxygens (including phenoxy) is 1. The molecule has 0 saturated heterocycles. The summed E-state index contributed by atoms with van der Waals surface area (Å²) in [5.74, 6) is 0.215. The molecule has 150 valence electrons. The number of aromatic nitrogens is 3. The number of fused-ring (bicyclic) bond motifs is 1. The van der Waals surface area contributed by atoms with Crippen LogP contribution in [-0.2, 0) is 0 Å². The van der Waals surface area contributed by atoms with Gasteiger partial charge in [-0.15, -0.1) is 0 Å². The molecule has 3 heterocycles. The first-order chi connectivity index (χ1) is 14.6. The number of aryl methyl sites for hydroxylation is 1. The van der Waals surface area contributed by atoms with Gasteiger partial charge in [-0.25, -0.2) is 0 Å². The zero-order valence-corrected chi connectivity index (χ0v) is 16.4. The predicted octanol–water partition coefficient (Wildman–Crippen LogP) is 2.90. The molecule has 4 aromatic rings. The monoisotopic (exact) mass is 400 g/mol. The van der Waals surface area contributed by atoms with Crippen LogP contribution < -0.4 is 15.6 Å². The van der Waals surface area contributed by atoms with Gasteiger partial charge in [0.1, 0.15) is 23.4 Å². The third kappa shape index (κ3) is 3.91. The Morgan fingerprint density at radius 3 is 2.77 bits per heavy atom. The molecule has 0 aliphatic rings. The van der Waals surface area contributed by atoms with E-state index in [1.54, 1.807) is 49.9 Å². The molecule has 30 heavy (non-hydrogen) atoms. The Labute approximate surface area is 173 Å². The van der Waals surface area contributed by atoms with E-state index >= 15 is 0 Å². The molecule has 0 saturated carbocycles. The normalized spacial score (nSPS) is 10.7. The van der Waals surface area contributed by atoms with E-state index in [4.69, 9.17) is 4.74 Å². The lowest BCUT2D eigenvalue weighted by atomic mass is 10.1. The molecule has 4 rings (SSSR count). The quantitative estimate of drug-likeness (QED) is 0.503. The second-order valence-corrected chi connectivity index (χ2v) is 6.70. The summed E-state index contributed by atoms with van der Waals surface area (Å²) in [6.07, 6.45) is 6.55. The van der Waals surface area contributed by atoms with Crippen molar-refractivity contribution in [3.63, 3.8) is 0 Å². The van der Waals surface area contributed by atoms with Crippen LogP contribution in [-0.4, -0.2) is 33.6 Å². The number of amides is 1. The van der Waals surface area contributed by atoms with Gasteiger partial charge in [0.25, 0.3) is 11.5 Å². The molecule has 0 radical (unpaired) electrons. The van der Waals surface area contributed by atoms with E-state index in [0.717, 1.165) is 10.9 Å². The number of para-hydroxylation sites is 1. The standard InChI is InChI=1S/C23H20N4O3/c1-16-9-13-27(18-7-4-10-24-15-18)23(29)20(16)22(28)26-12-14-30-19-8-2-5-17-6-3-11-25-21(17)19/h2-11,13,15H,12,14H2,1H3,(H,26,28). The van der Waals surface area contributed by atoms with Crippen molar-refractivity contribution < 1.29 is 9.53 Å². The second-order valence-electron chi connectivity index (χ2n) is 6.70. The minimum Gasteiger partial charge on any atom is -0.489 e. The van der Waals surface area contributed by atoms with Crippen LogP contribution in [0.2, 0.25) is 0 Å². The maximum Gasteiger partial charge on any atom is 0.268 e. The second kappa shape index (κ2) is 8.57. The lowest BCUT2D eigenvalue weighted by Gasteiger charge is -2.12. The molecule has 7 heteroatoms. The lowest BCUT2D eigenvalue weighted by Crippen LogP contribution is -2.35. The van der Waals surface area contributed by atoms with E-state index in [-0.39, 0.29) is 24.3 Å². The summed E-state index contributed by atoms with van der Waals surface area (Å²) in [5, 5.41) is 3.75. The highest BCUT2D eigenvalue weighted by atomic mass is 16.5. The van der Waals surface area contributed by atoms with Crippen LogP contribution in [0.15, 0.2) is 78.1 Å². The van der Waals surface area contributed by atoms with Crippen molar-refractivity contribution in [1.29, 1.82) is 0 Å². The number of benzene rings is 1. The maximum atomic E-state index is 12.9. The van der Waals surface area contributed by atoms with Crippen molar-refractivity contribution in [1.82, 2.24) is 19.9 Å².